The van der Waals surface area contributed by atoms with E-state index in [2.05, 4.69) is 39.9 Å². The Morgan fingerprint density at radius 3 is 1.19 bits per heavy atom. The summed E-state index contributed by atoms with van der Waals surface area (Å²) in [7, 11) is 6.65. The van der Waals surface area contributed by atoms with Gasteiger partial charge in [-0.25, -0.2) is 29.0 Å². The summed E-state index contributed by atoms with van der Waals surface area (Å²) in [5.74, 6) is -0.529. The first-order valence-electron chi connectivity index (χ1n) is 43.9. The third kappa shape index (κ3) is 27.9. The minimum atomic E-state index is -5.38. The molecule has 7 aromatic rings. The van der Waals surface area contributed by atoms with Gasteiger partial charge in [0.2, 0.25) is 5.95 Å². The van der Waals surface area contributed by atoms with Crippen molar-refractivity contribution >= 4 is 116 Å². The van der Waals surface area contributed by atoms with E-state index in [9.17, 15) is 67.7 Å². The van der Waals surface area contributed by atoms with E-state index in [-0.39, 0.29) is 112 Å². The van der Waals surface area contributed by atoms with Crippen molar-refractivity contribution in [2.75, 3.05) is 146 Å². The first-order valence-corrected chi connectivity index (χ1v) is 56.7. The lowest BCUT2D eigenvalue weighted by Crippen LogP contribution is -2.42. The van der Waals surface area contributed by atoms with Crippen molar-refractivity contribution in [2.24, 2.45) is 0 Å². The van der Waals surface area contributed by atoms with E-state index >= 15 is 9.46 Å². The van der Waals surface area contributed by atoms with E-state index in [0.717, 1.165) is 52.3 Å². The number of nitrogens with two attached hydrogens (primary N) is 2. The lowest BCUT2D eigenvalue weighted by atomic mass is 10.1. The van der Waals surface area contributed by atoms with Gasteiger partial charge in [0.05, 0.1) is 118 Å². The number of aliphatic hydroxyl groups is 1. The zero-order chi connectivity index (χ0) is 105. The number of rotatable bonds is 52. The van der Waals surface area contributed by atoms with Crippen LogP contribution in [0.1, 0.15) is 85.0 Å². The van der Waals surface area contributed by atoms with Gasteiger partial charge < -0.3 is 165 Å². The average Bonchev–Trinajstić information content (AvgIpc) is 1.60. The van der Waals surface area contributed by atoms with Crippen LogP contribution < -0.4 is 82.4 Å². The predicted octanol–water partition coefficient (Wildman–Crippen LogP) is -4.38. The molecular formula is C76H107N16O42P5S5-4. The average molecular weight is 2230 g/mol. The molecule has 68 heteroatoms. The van der Waals surface area contributed by atoms with Crippen LogP contribution in [0.3, 0.4) is 0 Å². The third-order valence-electron chi connectivity index (χ3n) is 23.2. The Balaban J connectivity index is 0.804. The van der Waals surface area contributed by atoms with Gasteiger partial charge in [-0.15, -0.1) is 0 Å². The van der Waals surface area contributed by atoms with Crippen LogP contribution in [0.4, 0.5) is 11.8 Å². The summed E-state index contributed by atoms with van der Waals surface area (Å²) in [6, 6.07) is 0. The Hall–Kier alpha value is -6.51. The maximum atomic E-state index is 15.7. The molecule has 0 saturated carbocycles. The summed E-state index contributed by atoms with van der Waals surface area (Å²) in [4.78, 5) is 214. The molecule has 7 aromatic heterocycles. The largest absolute Gasteiger partial charge is 0.780 e. The molecule has 0 spiro atoms. The zero-order valence-corrected chi connectivity index (χ0v) is 87.0. The van der Waals surface area contributed by atoms with Crippen molar-refractivity contribution in [3.05, 3.63) is 169 Å². The van der Waals surface area contributed by atoms with Gasteiger partial charge in [0.15, 0.2) is 49.1 Å². The van der Waals surface area contributed by atoms with Crippen LogP contribution in [-0.4, -0.2) is 316 Å². The zero-order valence-electron chi connectivity index (χ0n) is 78.4. The molecule has 6 aliphatic rings. The number of imidazole rings is 1. The fourth-order valence-electron chi connectivity index (χ4n) is 16.2. The second-order valence-electron chi connectivity index (χ2n) is 33.1. The minimum absolute atomic E-state index is 0.0172. The maximum absolute atomic E-state index is 15.7. The molecule has 802 valence electrons. The number of anilines is 2. The smallest absolute Gasteiger partial charge is 0.351 e. The van der Waals surface area contributed by atoms with Gasteiger partial charge in [0.25, 0.3) is 27.8 Å². The van der Waals surface area contributed by atoms with Crippen LogP contribution in [0.25, 0.3) is 11.2 Å². The summed E-state index contributed by atoms with van der Waals surface area (Å²) in [5, 5.41) is 11.8. The molecule has 13 heterocycles. The van der Waals surface area contributed by atoms with Gasteiger partial charge in [0.1, 0.15) is 124 Å². The Kier molecular flexibility index (Phi) is 39.6. The summed E-state index contributed by atoms with van der Waals surface area (Å²) in [6.45, 7) is -24.2. The Labute approximate surface area is 839 Å². The number of methoxy groups -OCH3 is 5. The van der Waals surface area contributed by atoms with Gasteiger partial charge in [0, 0.05) is 101 Å². The van der Waals surface area contributed by atoms with E-state index in [0.29, 0.717) is 5.56 Å². The standard InChI is InChI=1S/C76H111N16O42P5S5/c1-12-40-41(23-47(124-40)87-25-36(3)61(94)83-73(87)100)130-135(104,140)120-30-43-50(55(115-19-14-110-8)67(126-43)89-26-37(4)62(95)84-74(89)101)132-138(107,143)123-33-46-53(58(118-22-17-113-11)70(129-46)92-34-79-48-60(92)81-71(78)82-65(48)98)134-139(108,144)122-32-45-52(57(117-21-16-112-10)69(128-45)91-28-39(6)64(97)86-76(91)103)133-137(106,142)121-31-44-51(56(116-20-15-111-9)68(127-44)90-27-38(5)63(96)85-75(90)102)131-136(105,141)119-29-42-49(93)54(114-18-13-109-7)66(125-42)88-24-35(2)59(77)80-72(88)99/h24-28,34,40-47,49-58,66-70,93H,12-23,29-33H2,1-11H3,(H,104,140)(H,105,141)(H,106,142)(H,107,143)(H,108,144)(H2,77,80,99)(H,83,94,100)(H,84,95,101)(H,85,96,102)(H,86,97,103)(H3,78,81,82,98)/p-4/t40-,41?,42-,43-,44-,45-,46-,47-,49?,50?,51?,52?,53?,54+,55+,56+,57+,58+,66-,67-,68-,69-,70-,135?,136?,137?,138?,139?/m1/s1. The number of aliphatic hydroxyl groups excluding tert-OH is 1. The Morgan fingerprint density at radius 2 is 0.771 bits per heavy atom. The quantitative estimate of drug-likeness (QED) is 0.00988. The van der Waals surface area contributed by atoms with Crippen LogP contribution in [0.15, 0.2) is 85.3 Å². The van der Waals surface area contributed by atoms with E-state index in [1.165, 1.54) is 75.6 Å². The molecule has 0 aliphatic carbocycles. The number of hydrogen-bond acceptors (Lipinski definition) is 51. The first-order chi connectivity index (χ1) is 68.2. The van der Waals surface area contributed by atoms with Gasteiger partial charge in [-0.05, 0) is 52.8 Å². The van der Waals surface area contributed by atoms with Crippen molar-refractivity contribution in [1.82, 2.24) is 67.3 Å². The van der Waals surface area contributed by atoms with E-state index in [1.807, 2.05) is 0 Å². The molecule has 13 rings (SSSR count). The number of ether oxygens (including phenoxy) is 16. The fourth-order valence-corrected chi connectivity index (χ4v) is 23.4. The lowest BCUT2D eigenvalue weighted by Gasteiger charge is -2.36. The number of aryl methyl sites for hydroxylation is 5. The fraction of sp³-hybridized carbons (Fsp3) is 0.671. The van der Waals surface area contributed by atoms with E-state index in [1.54, 1.807) is 13.8 Å². The van der Waals surface area contributed by atoms with Crippen LogP contribution in [-0.2, 0) is 185 Å². The van der Waals surface area contributed by atoms with Gasteiger partial charge in [-0.3, -0.25) is 85.4 Å². The normalized spacial score (nSPS) is 29.2. The van der Waals surface area contributed by atoms with Crippen molar-refractivity contribution in [2.45, 2.75) is 196 Å². The Bertz CT molecular complexity index is 6570. The second-order valence-corrected chi connectivity index (χ2v) is 46.7. The van der Waals surface area contributed by atoms with Crippen molar-refractivity contribution in [1.29, 1.82) is 0 Å². The molecular weight excluding hydrogens is 2120 g/mol. The molecule has 28 atom stereocenters. The monoisotopic (exact) mass is 2230 g/mol. The molecule has 0 aromatic carbocycles. The molecule has 6 fully saturated rings. The number of aromatic amines is 5. The Morgan fingerprint density at radius 1 is 0.424 bits per heavy atom. The maximum Gasteiger partial charge on any atom is 0.351 e. The van der Waals surface area contributed by atoms with Crippen LogP contribution in [0, 0.1) is 34.6 Å². The molecule has 0 bridgehead atoms. The van der Waals surface area contributed by atoms with Gasteiger partial charge in [-0.2, -0.15) is 9.97 Å². The summed E-state index contributed by atoms with van der Waals surface area (Å²) < 4.78 is 178. The van der Waals surface area contributed by atoms with Crippen LogP contribution >= 0.6 is 33.7 Å². The molecule has 0 radical (unpaired) electrons. The highest BCUT2D eigenvalue weighted by molar-refractivity contribution is 8.32. The predicted molar refractivity (Wildman–Crippen MR) is 505 cm³/mol. The summed E-state index contributed by atoms with van der Waals surface area (Å²) in [5.41, 5.74) is 2.85. The van der Waals surface area contributed by atoms with E-state index in [4.69, 9.17) is 192 Å². The number of H-pyrrole nitrogens is 5. The van der Waals surface area contributed by atoms with Crippen LogP contribution in [0.5, 0.6) is 0 Å². The SMILES string of the molecule is CC[C@H]1O[C@@H](n2cc(C)c(=O)[nH]c2=O)CC1OP([O-])(=S)OC[C@H]1O[C@@H](n2cc(C)c(=O)[nH]c2=O)[C@@H](OCCOC)C1OP(=O)([S-])OC[C@H]1O[C@@H](n2cnc3c(=O)[nH]c(N)nc32)[C@@H](OCCOC)C1OP([O-])(=S)OC[C@H]1O[C@@H](n2cc(C)c(=O)[nH]c2=O)[C@@H](OCCOC)C1OP(O)(=S)OC[C@H]1O[C@@H](n2cc(C)c(=O)[nH]c2=O)[C@@H](OCCOC)C1OP([O-])(=S)OC[C@H]1O[C@@H](n2cc(C)c(N)nc2=O)[C@@H](OCCOC)C1O. The number of fused-ring (bicyclic) bond motifs is 1. The van der Waals surface area contributed by atoms with Crippen molar-refractivity contribution in [3.8, 4) is 0 Å². The van der Waals surface area contributed by atoms with Gasteiger partial charge >= 0.3 is 35.2 Å². The molecule has 11 N–H and O–H groups in total. The number of hydrogen-bond donors (Lipinski definition) is 9. The first kappa shape index (κ1) is 115. The number of nitrogens with one attached hydrogen (secondary N) is 5. The number of nitrogens with zero attached hydrogens (tertiary/aromatic N) is 9. The van der Waals surface area contributed by atoms with Crippen LogP contribution in [0.2, 0.25) is 0 Å². The van der Waals surface area contributed by atoms with E-state index < -0.39 is 277 Å². The second kappa shape index (κ2) is 49.7. The topological polar surface area (TPSA) is 737 Å². The van der Waals surface area contributed by atoms with Crippen molar-refractivity contribution < 1.29 is 150 Å². The third-order valence-corrected chi connectivity index (χ3v) is 30.9. The molecule has 6 aliphatic heterocycles. The summed E-state index contributed by atoms with van der Waals surface area (Å²) >= 11 is 28.2. The highest BCUT2D eigenvalue weighted by Gasteiger charge is 2.57. The molecule has 58 nitrogen and oxygen atoms in total. The molecule has 6 saturated heterocycles. The molecule has 0 amide bonds. The highest BCUT2D eigenvalue weighted by Crippen LogP contribution is 2.57. The number of nitrogen functional groups attached to an aromatic ring is 2. The minimum Gasteiger partial charge on any atom is -0.780 e. The summed E-state index contributed by atoms with van der Waals surface area (Å²) in [6.07, 6.45) is -30.5. The van der Waals surface area contributed by atoms with Gasteiger partial charge in [-0.1, -0.05) is 42.3 Å². The molecule has 11 unspecified atom stereocenters. The van der Waals surface area contributed by atoms with Crippen molar-refractivity contribution in [3.63, 3.8) is 0 Å². The highest BCUT2D eigenvalue weighted by atomic mass is 32.7. The number of aromatic nitrogens is 14. The molecule has 144 heavy (non-hydrogen) atoms. The lowest BCUT2D eigenvalue weighted by molar-refractivity contribution is -0.219.